The molecule has 2 rings (SSSR count). The summed E-state index contributed by atoms with van der Waals surface area (Å²) >= 11 is 4.86. The first-order chi connectivity index (χ1) is 9.54. The second kappa shape index (κ2) is 6.49. The molecule has 3 N–H and O–H groups in total. The molecule has 0 aliphatic heterocycles. The summed E-state index contributed by atoms with van der Waals surface area (Å²) in [7, 11) is 0. The summed E-state index contributed by atoms with van der Waals surface area (Å²) in [5.41, 5.74) is 0.347. The highest BCUT2D eigenvalue weighted by molar-refractivity contribution is 9.10. The van der Waals surface area contributed by atoms with Crippen LogP contribution in [-0.2, 0) is 6.54 Å². The van der Waals surface area contributed by atoms with Crippen LogP contribution in [0.25, 0.3) is 0 Å². The molecule has 0 saturated carbocycles. The first kappa shape index (κ1) is 14.5. The average Bonchev–Trinajstić information content (AvgIpc) is 2.82. The first-order valence-corrected chi connectivity index (χ1v) is 7.18. The third-order valence-corrected chi connectivity index (χ3v) is 3.99. The Kier molecular flexibility index (Phi) is 4.70. The molecule has 0 fully saturated rings. The van der Waals surface area contributed by atoms with Crippen molar-refractivity contribution in [3.8, 4) is 0 Å². The van der Waals surface area contributed by atoms with Crippen molar-refractivity contribution >= 4 is 45.0 Å². The fraction of sp³-hybridized carbons (Fsp3) is 0.0833. The maximum atomic E-state index is 11.7. The summed E-state index contributed by atoms with van der Waals surface area (Å²) < 4.78 is 0.970. The van der Waals surface area contributed by atoms with Gasteiger partial charge < -0.3 is 15.7 Å². The number of rotatable bonds is 4. The molecule has 0 atom stereocenters. The number of hydrogen-bond donors (Lipinski definition) is 3. The number of urea groups is 1. The van der Waals surface area contributed by atoms with E-state index in [9.17, 15) is 9.59 Å². The normalized spacial score (nSPS) is 10.1. The van der Waals surface area contributed by atoms with Gasteiger partial charge in [0, 0.05) is 20.9 Å². The van der Waals surface area contributed by atoms with Crippen LogP contribution in [0.3, 0.4) is 0 Å². The van der Waals surface area contributed by atoms with E-state index in [1.807, 2.05) is 11.4 Å². The standard InChI is InChI=1S/C12H10BrN3O3S/c13-8-2-10(20-6-8)5-15-12(19)16-9-1-7(11(17)18)3-14-4-9/h1-4,6H,5H2,(H,17,18)(H2,15,16,19). The largest absolute Gasteiger partial charge is 0.478 e. The van der Waals surface area contributed by atoms with Crippen LogP contribution >= 0.6 is 27.3 Å². The Morgan fingerprint density at radius 1 is 1.35 bits per heavy atom. The molecule has 8 heteroatoms. The molecule has 20 heavy (non-hydrogen) atoms. The molecule has 2 aromatic heterocycles. The number of carbonyl (C=O) groups excluding carboxylic acids is 1. The number of aromatic nitrogens is 1. The van der Waals surface area contributed by atoms with Crippen LogP contribution in [0.4, 0.5) is 10.5 Å². The van der Waals surface area contributed by atoms with Gasteiger partial charge in [0.1, 0.15) is 0 Å². The smallest absolute Gasteiger partial charge is 0.337 e. The molecular formula is C12H10BrN3O3S. The van der Waals surface area contributed by atoms with Crippen LogP contribution in [0.5, 0.6) is 0 Å². The minimum absolute atomic E-state index is 0.0185. The molecule has 104 valence electrons. The Balaban J connectivity index is 1.91. The summed E-state index contributed by atoms with van der Waals surface area (Å²) in [6, 6.07) is 2.84. The second-order valence-corrected chi connectivity index (χ2v) is 5.72. The van der Waals surface area contributed by atoms with E-state index in [1.54, 1.807) is 0 Å². The van der Waals surface area contributed by atoms with Crippen molar-refractivity contribution in [3.63, 3.8) is 0 Å². The highest BCUT2D eigenvalue weighted by atomic mass is 79.9. The zero-order valence-corrected chi connectivity index (χ0v) is 12.5. The van der Waals surface area contributed by atoms with E-state index in [0.717, 1.165) is 9.35 Å². The predicted molar refractivity (Wildman–Crippen MR) is 79.1 cm³/mol. The number of pyridine rings is 1. The number of anilines is 1. The van der Waals surface area contributed by atoms with Crippen molar-refractivity contribution < 1.29 is 14.7 Å². The van der Waals surface area contributed by atoms with Crippen LogP contribution in [0.1, 0.15) is 15.2 Å². The molecule has 2 amide bonds. The lowest BCUT2D eigenvalue weighted by Crippen LogP contribution is -2.28. The lowest BCUT2D eigenvalue weighted by Gasteiger charge is -2.06. The molecular weight excluding hydrogens is 346 g/mol. The minimum atomic E-state index is -1.09. The molecule has 2 aromatic rings. The lowest BCUT2D eigenvalue weighted by molar-refractivity contribution is 0.0696. The van der Waals surface area contributed by atoms with Gasteiger partial charge in [0.05, 0.1) is 24.0 Å². The number of carbonyl (C=O) groups is 2. The van der Waals surface area contributed by atoms with Gasteiger partial charge in [-0.15, -0.1) is 11.3 Å². The topological polar surface area (TPSA) is 91.3 Å². The van der Waals surface area contributed by atoms with Gasteiger partial charge in [0.15, 0.2) is 0 Å². The number of hydrogen-bond acceptors (Lipinski definition) is 4. The molecule has 6 nitrogen and oxygen atoms in total. The Morgan fingerprint density at radius 2 is 2.15 bits per heavy atom. The summed E-state index contributed by atoms with van der Waals surface area (Å²) in [5, 5.41) is 16.0. The summed E-state index contributed by atoms with van der Waals surface area (Å²) in [4.78, 5) is 27.2. The second-order valence-electron chi connectivity index (χ2n) is 3.81. The van der Waals surface area contributed by atoms with Gasteiger partial charge in [-0.25, -0.2) is 9.59 Å². The summed E-state index contributed by atoms with van der Waals surface area (Å²) in [6.07, 6.45) is 2.60. The number of halogens is 1. The SMILES string of the molecule is O=C(NCc1cc(Br)cs1)Nc1cncc(C(=O)O)c1. The van der Waals surface area contributed by atoms with E-state index in [4.69, 9.17) is 5.11 Å². The van der Waals surface area contributed by atoms with Gasteiger partial charge in [-0.2, -0.15) is 0 Å². The van der Waals surface area contributed by atoms with E-state index < -0.39 is 12.0 Å². The fourth-order valence-electron chi connectivity index (χ4n) is 1.41. The zero-order chi connectivity index (χ0) is 14.5. The monoisotopic (exact) mass is 355 g/mol. The van der Waals surface area contributed by atoms with Crippen LogP contribution in [-0.4, -0.2) is 22.1 Å². The third kappa shape index (κ3) is 4.04. The van der Waals surface area contributed by atoms with Crippen molar-refractivity contribution in [1.82, 2.24) is 10.3 Å². The molecule has 0 saturated heterocycles. The number of carboxylic acids is 1. The molecule has 0 unspecified atom stereocenters. The van der Waals surface area contributed by atoms with Crippen LogP contribution in [0.2, 0.25) is 0 Å². The molecule has 0 spiro atoms. The Bertz CT molecular complexity index is 644. The average molecular weight is 356 g/mol. The quantitative estimate of drug-likeness (QED) is 0.786. The number of amides is 2. The maximum absolute atomic E-state index is 11.7. The van der Waals surface area contributed by atoms with Crippen molar-refractivity contribution in [3.05, 3.63) is 44.8 Å². The van der Waals surface area contributed by atoms with Gasteiger partial charge in [0.25, 0.3) is 0 Å². The molecule has 0 radical (unpaired) electrons. The Hall–Kier alpha value is -1.93. The Labute approximate surface area is 127 Å². The van der Waals surface area contributed by atoms with Crippen molar-refractivity contribution in [2.24, 2.45) is 0 Å². The van der Waals surface area contributed by atoms with Gasteiger partial charge in [-0.3, -0.25) is 4.98 Å². The molecule has 0 aliphatic rings. The first-order valence-electron chi connectivity index (χ1n) is 5.50. The number of nitrogens with zero attached hydrogens (tertiary/aromatic N) is 1. The van der Waals surface area contributed by atoms with E-state index in [1.165, 1.54) is 29.8 Å². The van der Waals surface area contributed by atoms with E-state index in [0.29, 0.717) is 12.2 Å². The van der Waals surface area contributed by atoms with E-state index in [2.05, 4.69) is 31.5 Å². The number of carboxylic acid groups (broad SMARTS) is 1. The molecule has 0 bridgehead atoms. The van der Waals surface area contributed by atoms with E-state index in [-0.39, 0.29) is 5.56 Å². The third-order valence-electron chi connectivity index (χ3n) is 2.29. The maximum Gasteiger partial charge on any atom is 0.337 e. The molecule has 0 aromatic carbocycles. The van der Waals surface area contributed by atoms with Gasteiger partial charge in [0.2, 0.25) is 0 Å². The molecule has 2 heterocycles. The summed E-state index contributed by atoms with van der Waals surface area (Å²) in [6.45, 7) is 0.397. The van der Waals surface area contributed by atoms with Crippen LogP contribution < -0.4 is 10.6 Å². The van der Waals surface area contributed by atoms with Crippen LogP contribution in [0, 0.1) is 0 Å². The predicted octanol–water partition coefficient (Wildman–Crippen LogP) is 2.93. The Morgan fingerprint density at radius 3 is 2.80 bits per heavy atom. The van der Waals surface area contributed by atoms with Gasteiger partial charge >= 0.3 is 12.0 Å². The zero-order valence-electron chi connectivity index (χ0n) is 10.1. The van der Waals surface area contributed by atoms with Crippen LogP contribution in [0.15, 0.2) is 34.4 Å². The highest BCUT2D eigenvalue weighted by Crippen LogP contribution is 2.19. The number of nitrogens with one attached hydrogen (secondary N) is 2. The van der Waals surface area contributed by atoms with E-state index >= 15 is 0 Å². The molecule has 0 aliphatic carbocycles. The lowest BCUT2D eigenvalue weighted by atomic mass is 10.3. The van der Waals surface area contributed by atoms with Crippen molar-refractivity contribution in [2.45, 2.75) is 6.54 Å². The van der Waals surface area contributed by atoms with Crippen molar-refractivity contribution in [1.29, 1.82) is 0 Å². The minimum Gasteiger partial charge on any atom is -0.478 e. The van der Waals surface area contributed by atoms with Crippen molar-refractivity contribution in [2.75, 3.05) is 5.32 Å². The van der Waals surface area contributed by atoms with Gasteiger partial charge in [-0.05, 0) is 28.1 Å². The number of aromatic carboxylic acids is 1. The van der Waals surface area contributed by atoms with Gasteiger partial charge in [-0.1, -0.05) is 0 Å². The fourth-order valence-corrected chi connectivity index (χ4v) is 2.81. The summed E-state index contributed by atoms with van der Waals surface area (Å²) in [5.74, 6) is -1.09. The number of thiophene rings is 1. The highest BCUT2D eigenvalue weighted by Gasteiger charge is 2.07.